The number of unbranched alkanes of at least 4 members (excludes halogenated alkanes) is 1. The van der Waals surface area contributed by atoms with Crippen molar-refractivity contribution in [1.29, 1.82) is 0 Å². The monoisotopic (exact) mass is 464 g/mol. The fourth-order valence-electron chi connectivity index (χ4n) is 3.06. The van der Waals surface area contributed by atoms with Crippen molar-refractivity contribution in [2.45, 2.75) is 53.1 Å². The van der Waals surface area contributed by atoms with Crippen LogP contribution >= 0.6 is 23.2 Å². The first-order valence-corrected chi connectivity index (χ1v) is 11.2. The summed E-state index contributed by atoms with van der Waals surface area (Å²) in [6, 6.07) is 10.3. The zero-order chi connectivity index (χ0) is 23.0. The third kappa shape index (κ3) is 7.15. The van der Waals surface area contributed by atoms with Crippen molar-refractivity contribution in [2.24, 2.45) is 0 Å². The maximum Gasteiger partial charge on any atom is 0.261 e. The van der Waals surface area contributed by atoms with E-state index in [1.54, 1.807) is 25.1 Å². The first-order valence-electron chi connectivity index (χ1n) is 10.4. The van der Waals surface area contributed by atoms with E-state index in [0.717, 1.165) is 24.0 Å². The van der Waals surface area contributed by atoms with Gasteiger partial charge in [-0.25, -0.2) is 0 Å². The number of benzene rings is 2. The Morgan fingerprint density at radius 3 is 2.45 bits per heavy atom. The molecule has 0 saturated heterocycles. The van der Waals surface area contributed by atoms with Crippen molar-refractivity contribution in [3.05, 3.63) is 63.1 Å². The lowest BCUT2D eigenvalue weighted by Crippen LogP contribution is -2.49. The average molecular weight is 465 g/mol. The van der Waals surface area contributed by atoms with Gasteiger partial charge in [-0.2, -0.15) is 0 Å². The number of rotatable bonds is 10. The lowest BCUT2D eigenvalue weighted by molar-refractivity contribution is -0.142. The van der Waals surface area contributed by atoms with Crippen LogP contribution in [0.3, 0.4) is 0 Å². The van der Waals surface area contributed by atoms with Crippen molar-refractivity contribution in [2.75, 3.05) is 13.2 Å². The van der Waals surface area contributed by atoms with Gasteiger partial charge in [0.15, 0.2) is 6.61 Å². The van der Waals surface area contributed by atoms with Crippen LogP contribution in [0.2, 0.25) is 10.0 Å². The van der Waals surface area contributed by atoms with Crippen molar-refractivity contribution < 1.29 is 14.3 Å². The summed E-state index contributed by atoms with van der Waals surface area (Å²) >= 11 is 12.6. The van der Waals surface area contributed by atoms with Crippen molar-refractivity contribution in [1.82, 2.24) is 10.2 Å². The quantitative estimate of drug-likeness (QED) is 0.483. The molecule has 0 radical (unpaired) electrons. The number of carbonyl (C=O) groups is 2. The van der Waals surface area contributed by atoms with Gasteiger partial charge in [0.05, 0.1) is 0 Å². The van der Waals surface area contributed by atoms with E-state index in [4.69, 9.17) is 27.9 Å². The number of halogens is 2. The number of ether oxygens (including phenoxy) is 1. The van der Waals surface area contributed by atoms with E-state index >= 15 is 0 Å². The van der Waals surface area contributed by atoms with Gasteiger partial charge in [0.1, 0.15) is 11.8 Å². The number of amides is 2. The molecule has 168 valence electrons. The summed E-state index contributed by atoms with van der Waals surface area (Å²) in [6.07, 6.45) is 1.84. The molecule has 1 atom stereocenters. The first kappa shape index (κ1) is 25.0. The normalized spacial score (nSPS) is 11.7. The lowest BCUT2D eigenvalue weighted by atomic mass is 10.1. The van der Waals surface area contributed by atoms with Gasteiger partial charge in [-0.05, 0) is 56.5 Å². The third-order valence-electron chi connectivity index (χ3n) is 5.08. The molecule has 7 heteroatoms. The van der Waals surface area contributed by atoms with Crippen LogP contribution < -0.4 is 10.1 Å². The van der Waals surface area contributed by atoms with Crippen molar-refractivity contribution in [3.63, 3.8) is 0 Å². The molecule has 0 aliphatic heterocycles. The van der Waals surface area contributed by atoms with Crippen LogP contribution in [0.5, 0.6) is 5.75 Å². The van der Waals surface area contributed by atoms with Crippen LogP contribution in [0.15, 0.2) is 36.4 Å². The Morgan fingerprint density at radius 2 is 1.81 bits per heavy atom. The van der Waals surface area contributed by atoms with E-state index < -0.39 is 6.04 Å². The minimum absolute atomic E-state index is 0.107. The molecule has 0 spiro atoms. The summed E-state index contributed by atoms with van der Waals surface area (Å²) in [5.74, 6) is 0.0934. The second-order valence-corrected chi connectivity index (χ2v) is 8.41. The summed E-state index contributed by atoms with van der Waals surface area (Å²) in [5.41, 5.74) is 2.57. The summed E-state index contributed by atoms with van der Waals surface area (Å²) in [6.45, 7) is 8.10. The predicted octanol–water partition coefficient (Wildman–Crippen LogP) is 5.32. The van der Waals surface area contributed by atoms with Gasteiger partial charge in [-0.15, -0.1) is 0 Å². The Hall–Kier alpha value is -2.24. The van der Waals surface area contributed by atoms with Gasteiger partial charge in [0.25, 0.3) is 5.91 Å². The lowest BCUT2D eigenvalue weighted by Gasteiger charge is -2.29. The fourth-order valence-corrected chi connectivity index (χ4v) is 3.57. The van der Waals surface area contributed by atoms with Crippen LogP contribution in [0.25, 0.3) is 0 Å². The van der Waals surface area contributed by atoms with Crippen LogP contribution in [-0.4, -0.2) is 35.9 Å². The summed E-state index contributed by atoms with van der Waals surface area (Å²) in [5, 5.41) is 3.77. The maximum absolute atomic E-state index is 13.2. The molecule has 1 N–H and O–H groups in total. The number of hydrogen-bond acceptors (Lipinski definition) is 3. The van der Waals surface area contributed by atoms with Crippen molar-refractivity contribution >= 4 is 35.0 Å². The smallest absolute Gasteiger partial charge is 0.261 e. The van der Waals surface area contributed by atoms with E-state index in [9.17, 15) is 9.59 Å². The summed E-state index contributed by atoms with van der Waals surface area (Å²) in [7, 11) is 0. The van der Waals surface area contributed by atoms with E-state index in [-0.39, 0.29) is 25.0 Å². The largest absolute Gasteiger partial charge is 0.483 e. The van der Waals surface area contributed by atoms with Crippen LogP contribution in [0.4, 0.5) is 0 Å². The molecule has 2 rings (SSSR count). The number of nitrogens with one attached hydrogen (secondary N) is 1. The Bertz CT molecular complexity index is 897. The standard InChI is InChI=1S/C24H30Cl2N2O3/c1-5-6-12-27-24(30)18(4)28(14-19-20(25)8-7-9-21(19)26)23(29)15-31-22-13-16(2)10-11-17(22)3/h7-11,13,18H,5-6,12,14-15H2,1-4H3,(H,27,30)/t18-/m0/s1. The average Bonchev–Trinajstić information content (AvgIpc) is 2.73. The molecular formula is C24H30Cl2N2O3. The zero-order valence-electron chi connectivity index (χ0n) is 18.5. The highest BCUT2D eigenvalue weighted by Crippen LogP contribution is 2.27. The van der Waals surface area contributed by atoms with Crippen LogP contribution in [0, 0.1) is 13.8 Å². The fraction of sp³-hybridized carbons (Fsp3) is 0.417. The highest BCUT2D eigenvalue weighted by molar-refractivity contribution is 6.36. The molecule has 0 aromatic heterocycles. The van der Waals surface area contributed by atoms with Gasteiger partial charge in [-0.3, -0.25) is 9.59 Å². The van der Waals surface area contributed by atoms with E-state index in [2.05, 4.69) is 12.2 Å². The molecule has 0 saturated carbocycles. The molecule has 2 aromatic carbocycles. The van der Waals surface area contributed by atoms with Gasteiger partial charge in [0.2, 0.25) is 5.91 Å². The van der Waals surface area contributed by atoms with E-state index in [1.165, 1.54) is 4.90 Å². The molecule has 5 nitrogen and oxygen atoms in total. The highest BCUT2D eigenvalue weighted by atomic mass is 35.5. The molecular weight excluding hydrogens is 435 g/mol. The van der Waals surface area contributed by atoms with Crippen LogP contribution in [0.1, 0.15) is 43.4 Å². The molecule has 0 aliphatic carbocycles. The van der Waals surface area contributed by atoms with E-state index in [1.807, 2.05) is 32.0 Å². The molecule has 2 amide bonds. The minimum atomic E-state index is -0.709. The number of aryl methyl sites for hydroxylation is 2. The second kappa shape index (κ2) is 12.0. The van der Waals surface area contributed by atoms with E-state index in [0.29, 0.717) is 27.9 Å². The number of nitrogens with zero attached hydrogens (tertiary/aromatic N) is 1. The SMILES string of the molecule is CCCCNC(=O)[C@H](C)N(Cc1c(Cl)cccc1Cl)C(=O)COc1cc(C)ccc1C. The second-order valence-electron chi connectivity index (χ2n) is 7.60. The maximum atomic E-state index is 13.2. The van der Waals surface area contributed by atoms with Gasteiger partial charge in [-0.1, -0.05) is 54.7 Å². The summed E-state index contributed by atoms with van der Waals surface area (Å²) < 4.78 is 5.80. The molecule has 0 fully saturated rings. The Balaban J connectivity index is 2.22. The molecule has 0 bridgehead atoms. The highest BCUT2D eigenvalue weighted by Gasteiger charge is 2.27. The van der Waals surface area contributed by atoms with Crippen molar-refractivity contribution in [3.8, 4) is 5.75 Å². The summed E-state index contributed by atoms with van der Waals surface area (Å²) in [4.78, 5) is 27.3. The zero-order valence-corrected chi connectivity index (χ0v) is 20.0. The topological polar surface area (TPSA) is 58.6 Å². The van der Waals surface area contributed by atoms with Crippen LogP contribution in [-0.2, 0) is 16.1 Å². The molecule has 0 aliphatic rings. The molecule has 2 aromatic rings. The van der Waals surface area contributed by atoms with Gasteiger partial charge in [0, 0.05) is 28.7 Å². The predicted molar refractivity (Wildman–Crippen MR) is 126 cm³/mol. The number of carbonyl (C=O) groups excluding carboxylic acids is 2. The van der Waals surface area contributed by atoms with Gasteiger partial charge < -0.3 is 15.0 Å². The Labute approximate surface area is 194 Å². The third-order valence-corrected chi connectivity index (χ3v) is 5.79. The Kier molecular flexibility index (Phi) is 9.66. The number of hydrogen-bond donors (Lipinski definition) is 1. The van der Waals surface area contributed by atoms with Gasteiger partial charge >= 0.3 is 0 Å². The minimum Gasteiger partial charge on any atom is -0.483 e. The Morgan fingerprint density at radius 1 is 1.13 bits per heavy atom. The molecule has 31 heavy (non-hydrogen) atoms. The molecule has 0 unspecified atom stereocenters. The molecule has 0 heterocycles. The first-order chi connectivity index (χ1) is 14.7.